The summed E-state index contributed by atoms with van der Waals surface area (Å²) in [6.45, 7) is 2.00. The summed E-state index contributed by atoms with van der Waals surface area (Å²) in [5.74, 6) is -0.671. The van der Waals surface area contributed by atoms with Gasteiger partial charge in [-0.15, -0.1) is 0 Å². The van der Waals surface area contributed by atoms with Crippen LogP contribution in [0.5, 0.6) is 0 Å². The quantitative estimate of drug-likeness (QED) is 0.424. The summed E-state index contributed by atoms with van der Waals surface area (Å²) in [7, 11) is 0. The number of imidazole rings is 1. The molecule has 0 aliphatic rings. The molecule has 122 valence electrons. The second kappa shape index (κ2) is 8.07. The molecule has 1 aromatic heterocycles. The lowest BCUT2D eigenvalue weighted by Crippen LogP contribution is -2.21. The van der Waals surface area contributed by atoms with Gasteiger partial charge in [0, 0.05) is 0 Å². The van der Waals surface area contributed by atoms with Gasteiger partial charge in [-0.25, -0.2) is 4.79 Å². The van der Waals surface area contributed by atoms with Gasteiger partial charge >= 0.3 is 11.8 Å². The van der Waals surface area contributed by atoms with Gasteiger partial charge in [0.2, 0.25) is 6.33 Å². The van der Waals surface area contributed by atoms with Crippen LogP contribution in [-0.4, -0.2) is 27.1 Å². The molecule has 2 rings (SSSR count). The fourth-order valence-corrected chi connectivity index (χ4v) is 2.36. The number of hydrogen-bond donors (Lipinski definition) is 0. The molecule has 0 N–H and O–H groups in total. The standard InChI is InChI=1S/C16H19N3O4/c1-2-23-16(20)14(18-11-15(17-12-18)19(21)22)10-6-9-13-7-4-3-5-8-13/h3-5,7-8,11-12,14H,2,6,9-10H2,1H3. The Bertz CT molecular complexity index is 654. The minimum absolute atomic E-state index is 0.269. The van der Waals surface area contributed by atoms with E-state index in [1.54, 1.807) is 6.92 Å². The Labute approximate surface area is 134 Å². The Kier molecular flexibility index (Phi) is 5.85. The maximum absolute atomic E-state index is 12.1. The van der Waals surface area contributed by atoms with Crippen molar-refractivity contribution in [1.29, 1.82) is 0 Å². The normalized spacial score (nSPS) is 11.9. The lowest BCUT2D eigenvalue weighted by Gasteiger charge is -2.15. The van der Waals surface area contributed by atoms with E-state index < -0.39 is 16.9 Å². The number of rotatable bonds is 8. The molecule has 0 saturated heterocycles. The van der Waals surface area contributed by atoms with Crippen LogP contribution in [0.15, 0.2) is 42.9 Å². The van der Waals surface area contributed by atoms with E-state index in [0.717, 1.165) is 12.8 Å². The number of nitrogens with zero attached hydrogens (tertiary/aromatic N) is 3. The van der Waals surface area contributed by atoms with Crippen LogP contribution in [0.25, 0.3) is 0 Å². The Hall–Kier alpha value is -2.70. The van der Waals surface area contributed by atoms with Crippen molar-refractivity contribution < 1.29 is 14.5 Å². The molecule has 1 aromatic carbocycles. The molecule has 0 saturated carbocycles. The largest absolute Gasteiger partial charge is 0.464 e. The van der Waals surface area contributed by atoms with Gasteiger partial charge in [-0.05, 0) is 41.7 Å². The highest BCUT2D eigenvalue weighted by Crippen LogP contribution is 2.20. The van der Waals surface area contributed by atoms with Crippen LogP contribution in [0.2, 0.25) is 0 Å². The van der Waals surface area contributed by atoms with Gasteiger partial charge < -0.3 is 14.9 Å². The third-order valence-corrected chi connectivity index (χ3v) is 3.48. The second-order valence-corrected chi connectivity index (χ2v) is 5.08. The molecule has 0 amide bonds. The van der Waals surface area contributed by atoms with Crippen molar-refractivity contribution in [3.63, 3.8) is 0 Å². The number of benzene rings is 1. The van der Waals surface area contributed by atoms with Gasteiger partial charge in [-0.1, -0.05) is 30.3 Å². The van der Waals surface area contributed by atoms with E-state index in [2.05, 4.69) is 4.98 Å². The molecule has 0 aliphatic heterocycles. The van der Waals surface area contributed by atoms with Crippen LogP contribution < -0.4 is 0 Å². The Balaban J connectivity index is 2.04. The van der Waals surface area contributed by atoms with Crippen LogP contribution in [0.4, 0.5) is 5.82 Å². The van der Waals surface area contributed by atoms with Crippen molar-refractivity contribution >= 4 is 11.8 Å². The average molecular weight is 317 g/mol. The fraction of sp³-hybridized carbons (Fsp3) is 0.375. The van der Waals surface area contributed by atoms with E-state index >= 15 is 0 Å². The van der Waals surface area contributed by atoms with Gasteiger partial charge in [0.25, 0.3) is 0 Å². The first-order valence-corrected chi connectivity index (χ1v) is 7.50. The Morgan fingerprint density at radius 3 is 2.74 bits per heavy atom. The van der Waals surface area contributed by atoms with Crippen LogP contribution in [0, 0.1) is 10.1 Å². The maximum atomic E-state index is 12.1. The van der Waals surface area contributed by atoms with Crippen molar-refractivity contribution in [2.45, 2.75) is 32.2 Å². The van der Waals surface area contributed by atoms with E-state index in [1.165, 1.54) is 22.7 Å². The predicted molar refractivity (Wildman–Crippen MR) is 83.9 cm³/mol. The summed E-state index contributed by atoms with van der Waals surface area (Å²) < 4.78 is 6.53. The summed E-state index contributed by atoms with van der Waals surface area (Å²) in [6, 6.07) is 9.35. The lowest BCUT2D eigenvalue weighted by atomic mass is 10.0. The predicted octanol–water partition coefficient (Wildman–Crippen LogP) is 2.92. The number of nitro groups is 1. The van der Waals surface area contributed by atoms with Gasteiger partial charge in [-0.3, -0.25) is 4.57 Å². The van der Waals surface area contributed by atoms with Crippen molar-refractivity contribution in [2.75, 3.05) is 6.61 Å². The number of carbonyl (C=O) groups is 1. The van der Waals surface area contributed by atoms with E-state index in [-0.39, 0.29) is 12.4 Å². The van der Waals surface area contributed by atoms with E-state index in [1.807, 2.05) is 30.3 Å². The number of ether oxygens (including phenoxy) is 1. The highest BCUT2D eigenvalue weighted by molar-refractivity contribution is 5.74. The summed E-state index contributed by atoms with van der Waals surface area (Å²) in [4.78, 5) is 26.0. The van der Waals surface area contributed by atoms with Gasteiger partial charge in [-0.2, -0.15) is 0 Å². The fourth-order valence-electron chi connectivity index (χ4n) is 2.36. The van der Waals surface area contributed by atoms with Gasteiger partial charge in [0.1, 0.15) is 12.2 Å². The maximum Gasteiger partial charge on any atom is 0.381 e. The molecule has 23 heavy (non-hydrogen) atoms. The molecular formula is C16H19N3O4. The van der Waals surface area contributed by atoms with Crippen LogP contribution in [0.1, 0.15) is 31.4 Å². The summed E-state index contributed by atoms with van der Waals surface area (Å²) in [5, 5.41) is 10.7. The minimum atomic E-state index is -0.597. The van der Waals surface area contributed by atoms with E-state index in [9.17, 15) is 14.9 Å². The zero-order valence-corrected chi connectivity index (χ0v) is 12.9. The zero-order chi connectivity index (χ0) is 16.7. The smallest absolute Gasteiger partial charge is 0.381 e. The molecule has 0 fully saturated rings. The monoisotopic (exact) mass is 317 g/mol. The van der Waals surface area contributed by atoms with Crippen LogP contribution in [0.3, 0.4) is 0 Å². The molecule has 1 atom stereocenters. The highest BCUT2D eigenvalue weighted by Gasteiger charge is 2.24. The van der Waals surface area contributed by atoms with E-state index in [0.29, 0.717) is 6.42 Å². The van der Waals surface area contributed by atoms with E-state index in [4.69, 9.17) is 4.74 Å². The molecule has 0 radical (unpaired) electrons. The highest BCUT2D eigenvalue weighted by atomic mass is 16.6. The van der Waals surface area contributed by atoms with Crippen LogP contribution in [-0.2, 0) is 16.0 Å². The number of esters is 1. The SMILES string of the molecule is CCOC(=O)C(CCCc1ccccc1)n1cnc([N+](=O)[O-])c1. The first kappa shape index (κ1) is 16.7. The van der Waals surface area contributed by atoms with Gasteiger partial charge in [0.15, 0.2) is 0 Å². The molecule has 0 bridgehead atoms. The Morgan fingerprint density at radius 2 is 2.13 bits per heavy atom. The first-order chi connectivity index (χ1) is 11.1. The van der Waals surface area contributed by atoms with Crippen molar-refractivity contribution in [3.8, 4) is 0 Å². The van der Waals surface area contributed by atoms with Crippen molar-refractivity contribution in [3.05, 3.63) is 58.5 Å². The molecule has 1 unspecified atom stereocenters. The zero-order valence-electron chi connectivity index (χ0n) is 12.9. The molecule has 0 spiro atoms. The van der Waals surface area contributed by atoms with Crippen molar-refractivity contribution in [1.82, 2.24) is 9.55 Å². The number of carbonyl (C=O) groups excluding carboxylic acids is 1. The van der Waals surface area contributed by atoms with Gasteiger partial charge in [0.05, 0.1) is 6.61 Å². The first-order valence-electron chi connectivity index (χ1n) is 7.50. The third-order valence-electron chi connectivity index (χ3n) is 3.48. The number of aromatic nitrogens is 2. The number of aryl methyl sites for hydroxylation is 1. The summed E-state index contributed by atoms with van der Waals surface area (Å²) in [5.41, 5.74) is 1.19. The molecule has 7 nitrogen and oxygen atoms in total. The topological polar surface area (TPSA) is 87.3 Å². The van der Waals surface area contributed by atoms with Crippen LogP contribution >= 0.6 is 0 Å². The average Bonchev–Trinajstić information content (AvgIpc) is 3.02. The van der Waals surface area contributed by atoms with Crippen molar-refractivity contribution in [2.24, 2.45) is 0 Å². The second-order valence-electron chi connectivity index (χ2n) is 5.08. The Morgan fingerprint density at radius 1 is 1.39 bits per heavy atom. The molecule has 0 aliphatic carbocycles. The third kappa shape index (κ3) is 4.64. The molecule has 1 heterocycles. The summed E-state index contributed by atoms with van der Waals surface area (Å²) >= 11 is 0. The number of hydrogen-bond acceptors (Lipinski definition) is 5. The molecule has 2 aromatic rings. The summed E-state index contributed by atoms with van der Waals surface area (Å²) in [6.07, 6.45) is 4.70. The lowest BCUT2D eigenvalue weighted by molar-refractivity contribution is -0.389. The minimum Gasteiger partial charge on any atom is -0.464 e. The molecule has 7 heteroatoms. The molecular weight excluding hydrogens is 298 g/mol.